The number of hydrogen-bond donors (Lipinski definition) is 1. The minimum absolute atomic E-state index is 0.190. The van der Waals surface area contributed by atoms with E-state index in [0.717, 1.165) is 5.56 Å². The number of hydrogen-bond acceptors (Lipinski definition) is 3. The molecule has 0 saturated carbocycles. The van der Waals surface area contributed by atoms with Crippen molar-refractivity contribution in [1.29, 1.82) is 5.26 Å². The number of nitriles is 1. The normalized spacial score (nSPS) is 9.21. The van der Waals surface area contributed by atoms with Crippen LogP contribution in [0.15, 0.2) is 12.3 Å². The third kappa shape index (κ3) is 2.44. The molecule has 72 valence electrons. The highest BCUT2D eigenvalue weighted by atomic mass is 35.5. The van der Waals surface area contributed by atoms with Gasteiger partial charge in [-0.1, -0.05) is 11.6 Å². The highest BCUT2D eigenvalue weighted by Gasteiger charge is 2.08. The summed E-state index contributed by atoms with van der Waals surface area (Å²) in [7, 11) is 0. The van der Waals surface area contributed by atoms with Crippen molar-refractivity contribution in [2.75, 3.05) is 5.32 Å². The second-order valence-corrected chi connectivity index (χ2v) is 3.03. The molecule has 0 saturated heterocycles. The van der Waals surface area contributed by atoms with Crippen LogP contribution in [-0.2, 0) is 4.79 Å². The summed E-state index contributed by atoms with van der Waals surface area (Å²) in [4.78, 5) is 14.9. The van der Waals surface area contributed by atoms with Gasteiger partial charge in [-0.15, -0.1) is 0 Å². The smallest absolute Gasteiger partial charge is 0.238 e. The van der Waals surface area contributed by atoms with E-state index in [4.69, 9.17) is 16.9 Å². The lowest BCUT2D eigenvalue weighted by Crippen LogP contribution is -2.11. The quantitative estimate of drug-likeness (QED) is 0.757. The van der Waals surface area contributed by atoms with Crippen molar-refractivity contribution in [3.8, 4) is 6.07 Å². The molecule has 4 nitrogen and oxygen atoms in total. The van der Waals surface area contributed by atoms with Crippen LogP contribution in [0.25, 0.3) is 0 Å². The number of aromatic nitrogens is 1. The van der Waals surface area contributed by atoms with Crippen LogP contribution in [0.3, 0.4) is 0 Å². The first-order valence-electron chi connectivity index (χ1n) is 3.93. The number of rotatable bonds is 2. The van der Waals surface area contributed by atoms with E-state index >= 15 is 0 Å². The zero-order chi connectivity index (χ0) is 10.6. The van der Waals surface area contributed by atoms with Crippen LogP contribution in [0.1, 0.15) is 12.0 Å². The Morgan fingerprint density at radius 2 is 2.50 bits per heavy atom. The Kier molecular flexibility index (Phi) is 3.43. The average molecular weight is 210 g/mol. The van der Waals surface area contributed by atoms with Gasteiger partial charge in [0.1, 0.15) is 6.42 Å². The molecule has 0 atom stereocenters. The van der Waals surface area contributed by atoms with Gasteiger partial charge in [0.2, 0.25) is 5.91 Å². The third-order valence-electron chi connectivity index (χ3n) is 1.62. The topological polar surface area (TPSA) is 65.8 Å². The van der Waals surface area contributed by atoms with Crippen molar-refractivity contribution in [2.24, 2.45) is 0 Å². The van der Waals surface area contributed by atoms with Crippen molar-refractivity contribution >= 4 is 23.2 Å². The van der Waals surface area contributed by atoms with Crippen LogP contribution < -0.4 is 5.32 Å². The summed E-state index contributed by atoms with van der Waals surface area (Å²) in [6.07, 6.45) is 1.36. The van der Waals surface area contributed by atoms with Gasteiger partial charge in [-0.05, 0) is 18.6 Å². The summed E-state index contributed by atoms with van der Waals surface area (Å²) in [6.45, 7) is 1.80. The fourth-order valence-corrected chi connectivity index (χ4v) is 1.18. The zero-order valence-electron chi connectivity index (χ0n) is 7.54. The predicted octanol–water partition coefficient (Wildman–Crippen LogP) is 1.90. The lowest BCUT2D eigenvalue weighted by atomic mass is 10.2. The Morgan fingerprint density at radius 1 is 1.79 bits per heavy atom. The van der Waals surface area contributed by atoms with Crippen molar-refractivity contribution in [3.05, 3.63) is 23.0 Å². The molecule has 1 aromatic rings. The molecule has 1 aromatic heterocycles. The second-order valence-electron chi connectivity index (χ2n) is 2.68. The molecule has 0 aromatic carbocycles. The number of nitrogens with one attached hydrogen (secondary N) is 1. The molecule has 0 spiro atoms. The highest BCUT2D eigenvalue weighted by Crippen LogP contribution is 2.22. The molecule has 0 fully saturated rings. The largest absolute Gasteiger partial charge is 0.322 e. The van der Waals surface area contributed by atoms with E-state index in [1.165, 1.54) is 0 Å². The number of aryl methyl sites for hydroxylation is 1. The van der Waals surface area contributed by atoms with Gasteiger partial charge >= 0.3 is 0 Å². The SMILES string of the molecule is Cc1ccnc(Cl)c1NC(=O)CC#N. The van der Waals surface area contributed by atoms with Gasteiger partial charge in [-0.25, -0.2) is 4.98 Å². The minimum Gasteiger partial charge on any atom is -0.322 e. The molecule has 0 unspecified atom stereocenters. The van der Waals surface area contributed by atoms with E-state index in [0.29, 0.717) is 5.69 Å². The van der Waals surface area contributed by atoms with Crippen molar-refractivity contribution < 1.29 is 4.79 Å². The highest BCUT2D eigenvalue weighted by molar-refractivity contribution is 6.32. The fraction of sp³-hybridized carbons (Fsp3) is 0.222. The number of nitrogens with zero attached hydrogens (tertiary/aromatic N) is 2. The van der Waals surface area contributed by atoms with Crippen LogP contribution in [0.2, 0.25) is 5.15 Å². The molecule has 0 aliphatic carbocycles. The summed E-state index contributed by atoms with van der Waals surface area (Å²) < 4.78 is 0. The monoisotopic (exact) mass is 209 g/mol. The first kappa shape index (κ1) is 10.5. The summed E-state index contributed by atoms with van der Waals surface area (Å²) in [5, 5.41) is 11.1. The predicted molar refractivity (Wildman–Crippen MR) is 52.8 cm³/mol. The summed E-state index contributed by atoms with van der Waals surface area (Å²) >= 11 is 5.77. The number of carbonyl (C=O) groups is 1. The van der Waals surface area contributed by atoms with Crippen LogP contribution in [-0.4, -0.2) is 10.9 Å². The summed E-state index contributed by atoms with van der Waals surface area (Å²) in [5.41, 5.74) is 1.28. The molecule has 1 heterocycles. The number of anilines is 1. The van der Waals surface area contributed by atoms with Gasteiger partial charge in [0, 0.05) is 6.20 Å². The van der Waals surface area contributed by atoms with Gasteiger partial charge in [-0.2, -0.15) is 5.26 Å². The van der Waals surface area contributed by atoms with Crippen molar-refractivity contribution in [2.45, 2.75) is 13.3 Å². The number of carbonyl (C=O) groups excluding carboxylic acids is 1. The summed E-state index contributed by atoms with van der Waals surface area (Å²) in [5.74, 6) is -0.384. The molecular weight excluding hydrogens is 202 g/mol. The van der Waals surface area contributed by atoms with E-state index in [9.17, 15) is 4.79 Å². The molecule has 0 aliphatic heterocycles. The van der Waals surface area contributed by atoms with Crippen LogP contribution in [0.5, 0.6) is 0 Å². The molecule has 14 heavy (non-hydrogen) atoms. The van der Waals surface area contributed by atoms with Crippen LogP contribution in [0, 0.1) is 18.3 Å². The fourth-order valence-electron chi connectivity index (χ4n) is 0.931. The second kappa shape index (κ2) is 4.58. The lowest BCUT2D eigenvalue weighted by Gasteiger charge is -2.07. The minimum atomic E-state index is -0.384. The van der Waals surface area contributed by atoms with Crippen LogP contribution >= 0.6 is 11.6 Å². The van der Waals surface area contributed by atoms with E-state index in [-0.39, 0.29) is 17.5 Å². The third-order valence-corrected chi connectivity index (χ3v) is 1.90. The van der Waals surface area contributed by atoms with Gasteiger partial charge in [0.15, 0.2) is 5.15 Å². The standard InChI is InChI=1S/C9H8ClN3O/c1-6-3-5-12-9(10)8(6)13-7(14)2-4-11/h3,5H,2H2,1H3,(H,13,14). The maximum atomic E-state index is 11.1. The molecule has 0 bridgehead atoms. The Labute approximate surface area is 86.5 Å². The van der Waals surface area contributed by atoms with E-state index in [1.54, 1.807) is 25.3 Å². The summed E-state index contributed by atoms with van der Waals surface area (Å²) in [6, 6.07) is 3.48. The zero-order valence-corrected chi connectivity index (χ0v) is 8.30. The number of halogens is 1. The molecule has 1 rings (SSSR count). The first-order chi connectivity index (χ1) is 6.65. The van der Waals surface area contributed by atoms with E-state index < -0.39 is 0 Å². The first-order valence-corrected chi connectivity index (χ1v) is 4.31. The molecule has 0 aliphatic rings. The Bertz CT molecular complexity index is 377. The van der Waals surface area contributed by atoms with Gasteiger partial charge < -0.3 is 5.32 Å². The Balaban J connectivity index is 2.87. The molecular formula is C9H8ClN3O. The molecule has 1 N–H and O–H groups in total. The number of amides is 1. The Hall–Kier alpha value is -1.60. The van der Waals surface area contributed by atoms with E-state index in [1.807, 2.05) is 0 Å². The molecule has 0 radical (unpaired) electrons. The van der Waals surface area contributed by atoms with Crippen LogP contribution in [0.4, 0.5) is 5.69 Å². The van der Waals surface area contributed by atoms with Gasteiger partial charge in [0.05, 0.1) is 11.8 Å². The molecule has 5 heteroatoms. The Morgan fingerprint density at radius 3 is 3.07 bits per heavy atom. The van der Waals surface area contributed by atoms with Crippen molar-refractivity contribution in [3.63, 3.8) is 0 Å². The lowest BCUT2D eigenvalue weighted by molar-refractivity contribution is -0.115. The number of pyridine rings is 1. The average Bonchev–Trinajstić information content (AvgIpc) is 2.12. The maximum Gasteiger partial charge on any atom is 0.238 e. The van der Waals surface area contributed by atoms with E-state index in [2.05, 4.69) is 10.3 Å². The van der Waals surface area contributed by atoms with Gasteiger partial charge in [-0.3, -0.25) is 4.79 Å². The van der Waals surface area contributed by atoms with Gasteiger partial charge in [0.25, 0.3) is 0 Å². The maximum absolute atomic E-state index is 11.1. The van der Waals surface area contributed by atoms with Crippen molar-refractivity contribution in [1.82, 2.24) is 4.98 Å². The molecule has 1 amide bonds.